The second kappa shape index (κ2) is 5.97. The first-order valence-corrected chi connectivity index (χ1v) is 6.14. The monoisotopic (exact) mass is 269 g/mol. The fourth-order valence-corrected chi connectivity index (χ4v) is 1.76. The predicted molar refractivity (Wildman–Crippen MR) is 77.4 cm³/mol. The van der Waals surface area contributed by atoms with E-state index in [9.17, 15) is 4.79 Å². The highest BCUT2D eigenvalue weighted by Gasteiger charge is 2.10. The van der Waals surface area contributed by atoms with E-state index in [-0.39, 0.29) is 5.91 Å². The third-order valence-electron chi connectivity index (χ3n) is 2.89. The Kier molecular flexibility index (Phi) is 4.10. The summed E-state index contributed by atoms with van der Waals surface area (Å²) in [7, 11) is 0. The third-order valence-corrected chi connectivity index (χ3v) is 2.89. The highest BCUT2D eigenvalue weighted by Crippen LogP contribution is 2.17. The van der Waals surface area contributed by atoms with E-state index in [2.05, 4.69) is 15.5 Å². The highest BCUT2D eigenvalue weighted by molar-refractivity contribution is 6.10. The van der Waals surface area contributed by atoms with Crippen molar-refractivity contribution >= 4 is 17.3 Å². The van der Waals surface area contributed by atoms with Crippen molar-refractivity contribution in [2.75, 3.05) is 5.32 Å². The SMILES string of the molecule is C/C(=N\O)c1ccccc1NC(=O)c1ccc(C)nc1. The number of para-hydroxylation sites is 1. The number of anilines is 1. The summed E-state index contributed by atoms with van der Waals surface area (Å²) in [6.45, 7) is 3.52. The number of aromatic nitrogens is 1. The van der Waals surface area contributed by atoms with Crippen LogP contribution in [-0.4, -0.2) is 21.8 Å². The van der Waals surface area contributed by atoms with Gasteiger partial charge in [0.25, 0.3) is 5.91 Å². The van der Waals surface area contributed by atoms with Crippen molar-refractivity contribution in [3.8, 4) is 0 Å². The molecule has 1 heterocycles. The molecule has 0 saturated carbocycles. The first kappa shape index (κ1) is 13.7. The van der Waals surface area contributed by atoms with Gasteiger partial charge >= 0.3 is 0 Å². The van der Waals surface area contributed by atoms with Crippen molar-refractivity contribution in [2.24, 2.45) is 5.16 Å². The number of amides is 1. The molecule has 0 saturated heterocycles. The van der Waals surface area contributed by atoms with Gasteiger partial charge in [-0.25, -0.2) is 0 Å². The number of aryl methyl sites for hydroxylation is 1. The van der Waals surface area contributed by atoms with E-state index in [4.69, 9.17) is 5.21 Å². The molecule has 2 rings (SSSR count). The molecule has 1 aromatic carbocycles. The molecule has 5 nitrogen and oxygen atoms in total. The summed E-state index contributed by atoms with van der Waals surface area (Å²) in [4.78, 5) is 16.2. The van der Waals surface area contributed by atoms with E-state index in [1.807, 2.05) is 13.0 Å². The second-order valence-electron chi connectivity index (χ2n) is 4.37. The maximum absolute atomic E-state index is 12.1. The summed E-state index contributed by atoms with van der Waals surface area (Å²) in [6, 6.07) is 10.6. The van der Waals surface area contributed by atoms with E-state index in [0.29, 0.717) is 22.5 Å². The summed E-state index contributed by atoms with van der Waals surface area (Å²) < 4.78 is 0. The van der Waals surface area contributed by atoms with Gasteiger partial charge in [0.15, 0.2) is 0 Å². The number of oxime groups is 1. The number of carbonyl (C=O) groups excluding carboxylic acids is 1. The van der Waals surface area contributed by atoms with Gasteiger partial charge in [-0.3, -0.25) is 9.78 Å². The number of rotatable bonds is 3. The topological polar surface area (TPSA) is 74.6 Å². The minimum Gasteiger partial charge on any atom is -0.411 e. The molecule has 0 unspecified atom stereocenters. The zero-order valence-corrected chi connectivity index (χ0v) is 11.3. The molecule has 0 radical (unpaired) electrons. The molecule has 20 heavy (non-hydrogen) atoms. The lowest BCUT2D eigenvalue weighted by atomic mass is 10.1. The van der Waals surface area contributed by atoms with E-state index < -0.39 is 0 Å². The fourth-order valence-electron chi connectivity index (χ4n) is 1.76. The molecule has 0 spiro atoms. The van der Waals surface area contributed by atoms with Crippen molar-refractivity contribution in [2.45, 2.75) is 13.8 Å². The molecular weight excluding hydrogens is 254 g/mol. The number of hydrogen-bond donors (Lipinski definition) is 2. The number of nitrogens with zero attached hydrogens (tertiary/aromatic N) is 2. The van der Waals surface area contributed by atoms with Crippen molar-refractivity contribution in [1.82, 2.24) is 4.98 Å². The maximum atomic E-state index is 12.1. The van der Waals surface area contributed by atoms with Gasteiger partial charge in [-0.05, 0) is 32.0 Å². The van der Waals surface area contributed by atoms with Gasteiger partial charge in [0.05, 0.1) is 17.0 Å². The molecule has 0 aliphatic carbocycles. The van der Waals surface area contributed by atoms with E-state index in [1.54, 1.807) is 37.3 Å². The van der Waals surface area contributed by atoms with Crippen LogP contribution in [0.1, 0.15) is 28.5 Å². The van der Waals surface area contributed by atoms with E-state index in [0.717, 1.165) is 5.69 Å². The van der Waals surface area contributed by atoms with Gasteiger partial charge in [0.2, 0.25) is 0 Å². The summed E-state index contributed by atoms with van der Waals surface area (Å²) in [5.41, 5.74) is 3.02. The third kappa shape index (κ3) is 3.00. The number of carbonyl (C=O) groups is 1. The number of benzene rings is 1. The van der Waals surface area contributed by atoms with Crippen LogP contribution in [0.4, 0.5) is 5.69 Å². The largest absolute Gasteiger partial charge is 0.411 e. The molecule has 0 bridgehead atoms. The van der Waals surface area contributed by atoms with Crippen LogP contribution >= 0.6 is 0 Å². The van der Waals surface area contributed by atoms with Crippen LogP contribution in [-0.2, 0) is 0 Å². The van der Waals surface area contributed by atoms with Gasteiger partial charge in [-0.1, -0.05) is 23.4 Å². The van der Waals surface area contributed by atoms with Crippen molar-refractivity contribution < 1.29 is 10.0 Å². The molecule has 2 N–H and O–H groups in total. The zero-order valence-electron chi connectivity index (χ0n) is 11.3. The molecule has 0 fully saturated rings. The Hall–Kier alpha value is -2.69. The molecule has 1 aromatic heterocycles. The van der Waals surface area contributed by atoms with Gasteiger partial charge < -0.3 is 10.5 Å². The van der Waals surface area contributed by atoms with Crippen LogP contribution in [0.25, 0.3) is 0 Å². The van der Waals surface area contributed by atoms with Crippen LogP contribution in [0, 0.1) is 6.92 Å². The molecule has 5 heteroatoms. The fraction of sp³-hybridized carbons (Fsp3) is 0.133. The molecule has 0 aliphatic heterocycles. The molecule has 0 aliphatic rings. The highest BCUT2D eigenvalue weighted by atomic mass is 16.4. The van der Waals surface area contributed by atoms with E-state index >= 15 is 0 Å². The molecule has 2 aromatic rings. The summed E-state index contributed by atoms with van der Waals surface area (Å²) in [5, 5.41) is 14.8. The first-order chi connectivity index (χ1) is 9.61. The molecule has 0 atom stereocenters. The van der Waals surface area contributed by atoms with Gasteiger partial charge in [-0.2, -0.15) is 0 Å². The maximum Gasteiger partial charge on any atom is 0.257 e. The normalized spacial score (nSPS) is 11.2. The molecular formula is C15H15N3O2. The van der Waals surface area contributed by atoms with Crippen LogP contribution < -0.4 is 5.32 Å². The van der Waals surface area contributed by atoms with Crippen molar-refractivity contribution in [3.05, 3.63) is 59.4 Å². The minimum absolute atomic E-state index is 0.254. The zero-order chi connectivity index (χ0) is 14.5. The average molecular weight is 269 g/mol. The Morgan fingerprint density at radius 1 is 1.25 bits per heavy atom. The first-order valence-electron chi connectivity index (χ1n) is 6.14. The lowest BCUT2D eigenvalue weighted by Gasteiger charge is -2.10. The van der Waals surface area contributed by atoms with Crippen molar-refractivity contribution in [3.63, 3.8) is 0 Å². The van der Waals surface area contributed by atoms with Gasteiger partial charge in [-0.15, -0.1) is 0 Å². The van der Waals surface area contributed by atoms with E-state index in [1.165, 1.54) is 6.20 Å². The Labute approximate surface area is 117 Å². The second-order valence-corrected chi connectivity index (χ2v) is 4.37. The summed E-state index contributed by atoms with van der Waals surface area (Å²) in [5.74, 6) is -0.254. The summed E-state index contributed by atoms with van der Waals surface area (Å²) >= 11 is 0. The Balaban J connectivity index is 2.26. The van der Waals surface area contributed by atoms with Crippen LogP contribution in [0.5, 0.6) is 0 Å². The number of hydrogen-bond acceptors (Lipinski definition) is 4. The van der Waals surface area contributed by atoms with Crippen molar-refractivity contribution in [1.29, 1.82) is 0 Å². The van der Waals surface area contributed by atoms with Crippen LogP contribution in [0.15, 0.2) is 47.8 Å². The van der Waals surface area contributed by atoms with Gasteiger partial charge in [0, 0.05) is 17.5 Å². The van der Waals surface area contributed by atoms with Crippen LogP contribution in [0.3, 0.4) is 0 Å². The molecule has 1 amide bonds. The average Bonchev–Trinajstić information content (AvgIpc) is 2.47. The number of pyridine rings is 1. The smallest absolute Gasteiger partial charge is 0.257 e. The van der Waals surface area contributed by atoms with Crippen LogP contribution in [0.2, 0.25) is 0 Å². The van der Waals surface area contributed by atoms with Gasteiger partial charge in [0.1, 0.15) is 0 Å². The lowest BCUT2D eigenvalue weighted by molar-refractivity contribution is 0.102. The Morgan fingerprint density at radius 2 is 2.00 bits per heavy atom. The Morgan fingerprint density at radius 3 is 2.65 bits per heavy atom. The predicted octanol–water partition coefficient (Wildman–Crippen LogP) is 2.84. The lowest BCUT2D eigenvalue weighted by Crippen LogP contribution is -2.14. The quantitative estimate of drug-likeness (QED) is 0.511. The number of nitrogens with one attached hydrogen (secondary N) is 1. The minimum atomic E-state index is -0.254. The standard InChI is InChI=1S/C15H15N3O2/c1-10-7-8-12(9-16-10)15(19)17-14-6-4-3-5-13(14)11(2)18-20/h3-9,20H,1-2H3,(H,17,19)/b18-11+. The molecule has 102 valence electrons. The Bertz CT molecular complexity index is 648. The summed E-state index contributed by atoms with van der Waals surface area (Å²) in [6.07, 6.45) is 1.53.